The van der Waals surface area contributed by atoms with E-state index < -0.39 is 0 Å². The van der Waals surface area contributed by atoms with Crippen LogP contribution in [-0.4, -0.2) is 30.0 Å². The van der Waals surface area contributed by atoms with Gasteiger partial charge in [0.05, 0.1) is 17.9 Å². The molecule has 4 aromatic rings. The van der Waals surface area contributed by atoms with Crippen LogP contribution in [0.5, 0.6) is 0 Å². The Morgan fingerprint density at radius 2 is 1.59 bits per heavy atom. The summed E-state index contributed by atoms with van der Waals surface area (Å²) in [5.74, 6) is 1.86. The van der Waals surface area contributed by atoms with Gasteiger partial charge in [-0.3, -0.25) is 4.79 Å². The summed E-state index contributed by atoms with van der Waals surface area (Å²) in [4.78, 5) is 27.3. The molecule has 2 aromatic heterocycles. The first-order valence-corrected chi connectivity index (χ1v) is 12.9. The van der Waals surface area contributed by atoms with Crippen molar-refractivity contribution in [3.05, 3.63) is 95.8 Å². The van der Waals surface area contributed by atoms with Crippen LogP contribution in [0, 0.1) is 5.92 Å². The van der Waals surface area contributed by atoms with Gasteiger partial charge in [0.25, 0.3) is 0 Å². The largest absolute Gasteiger partial charge is 0.363 e. The first-order valence-electron chi connectivity index (χ1n) is 12.9. The van der Waals surface area contributed by atoms with Gasteiger partial charge in [0.1, 0.15) is 11.6 Å². The Bertz CT molecular complexity index is 1440. The number of hydrogen-bond acceptors (Lipinski definition) is 5. The molecule has 1 aliphatic carbocycles. The molecule has 0 saturated carbocycles. The van der Waals surface area contributed by atoms with E-state index in [0.29, 0.717) is 6.54 Å². The molecule has 0 spiro atoms. The molecule has 186 valence electrons. The quantitative estimate of drug-likeness (QED) is 0.358. The number of hydrogen-bond donors (Lipinski definition) is 1. The van der Waals surface area contributed by atoms with Gasteiger partial charge >= 0.3 is 0 Å². The fourth-order valence-electron chi connectivity index (χ4n) is 5.46. The van der Waals surface area contributed by atoms with Crippen LogP contribution in [0.1, 0.15) is 29.5 Å². The van der Waals surface area contributed by atoms with E-state index in [1.54, 1.807) is 6.20 Å². The number of anilines is 4. The van der Waals surface area contributed by atoms with Gasteiger partial charge in [-0.2, -0.15) is 0 Å². The summed E-state index contributed by atoms with van der Waals surface area (Å²) < 4.78 is 0. The van der Waals surface area contributed by atoms with Gasteiger partial charge < -0.3 is 15.1 Å². The van der Waals surface area contributed by atoms with Gasteiger partial charge in [0, 0.05) is 38.0 Å². The summed E-state index contributed by atoms with van der Waals surface area (Å²) in [6, 6.07) is 23.0. The zero-order valence-corrected chi connectivity index (χ0v) is 21.3. The van der Waals surface area contributed by atoms with E-state index in [-0.39, 0.29) is 11.8 Å². The summed E-state index contributed by atoms with van der Waals surface area (Å²) in [5, 5.41) is 3.50. The highest BCUT2D eigenvalue weighted by molar-refractivity contribution is 6.00. The summed E-state index contributed by atoms with van der Waals surface area (Å²) in [6.45, 7) is 0.494. The Labute approximate surface area is 218 Å². The molecule has 0 atom stereocenters. The molecule has 6 nitrogen and oxygen atoms in total. The number of rotatable bonds is 3. The minimum Gasteiger partial charge on any atom is -0.363 e. The lowest BCUT2D eigenvalue weighted by atomic mass is 9.96. The maximum atomic E-state index is 14.2. The smallest absolute Gasteiger partial charge is 0.230 e. The zero-order chi connectivity index (χ0) is 25.4. The zero-order valence-electron chi connectivity index (χ0n) is 21.3. The molecule has 0 radical (unpaired) electrons. The predicted octanol–water partition coefficient (Wildman–Crippen LogP) is 6.00. The van der Waals surface area contributed by atoms with E-state index in [2.05, 4.69) is 69.9 Å². The van der Waals surface area contributed by atoms with Crippen molar-refractivity contribution in [1.82, 2.24) is 9.97 Å². The van der Waals surface area contributed by atoms with E-state index in [1.807, 2.05) is 42.2 Å². The van der Waals surface area contributed by atoms with Crippen molar-refractivity contribution in [2.45, 2.75) is 32.2 Å². The number of aromatic nitrogens is 2. The minimum atomic E-state index is -0.0246. The number of carbonyl (C=O) groups excluding carboxylic acids is 1. The number of amides is 1. The highest BCUT2D eigenvalue weighted by Gasteiger charge is 2.31. The van der Waals surface area contributed by atoms with Gasteiger partial charge in [-0.25, -0.2) is 9.97 Å². The fraction of sp³-hybridized carbons (Fsp3) is 0.258. The highest BCUT2D eigenvalue weighted by Crippen LogP contribution is 2.39. The van der Waals surface area contributed by atoms with Crippen molar-refractivity contribution in [2.24, 2.45) is 5.92 Å². The van der Waals surface area contributed by atoms with E-state index in [0.717, 1.165) is 65.4 Å². The maximum Gasteiger partial charge on any atom is 0.230 e. The average molecular weight is 490 g/mol. The minimum absolute atomic E-state index is 0.0246. The monoisotopic (exact) mass is 489 g/mol. The molecule has 6 rings (SSSR count). The topological polar surface area (TPSA) is 61.4 Å². The van der Waals surface area contributed by atoms with Gasteiger partial charge in [-0.05, 0) is 78.3 Å². The first kappa shape index (κ1) is 23.2. The number of carbonyl (C=O) groups is 1. The lowest BCUT2D eigenvalue weighted by Gasteiger charge is -2.27. The summed E-state index contributed by atoms with van der Waals surface area (Å²) in [7, 11) is 3.98. The van der Waals surface area contributed by atoms with Crippen molar-refractivity contribution in [1.29, 1.82) is 0 Å². The van der Waals surface area contributed by atoms with Crippen LogP contribution < -0.4 is 15.1 Å². The summed E-state index contributed by atoms with van der Waals surface area (Å²) in [5.41, 5.74) is 7.68. The number of nitrogens with zero attached hydrogens (tertiary/aromatic N) is 4. The Morgan fingerprint density at radius 1 is 0.865 bits per heavy atom. The third kappa shape index (κ3) is 4.55. The molecule has 0 unspecified atom stereocenters. The van der Waals surface area contributed by atoms with Crippen molar-refractivity contribution in [3.63, 3.8) is 0 Å². The molecule has 0 bridgehead atoms. The Kier molecular flexibility index (Phi) is 6.08. The number of aryl methyl sites for hydroxylation is 2. The second kappa shape index (κ2) is 9.69. The van der Waals surface area contributed by atoms with Gasteiger partial charge in [0.2, 0.25) is 5.91 Å². The molecule has 2 aromatic carbocycles. The van der Waals surface area contributed by atoms with Gasteiger partial charge in [-0.15, -0.1) is 0 Å². The molecular formula is C31H31N5O. The number of fused-ring (bicyclic) bond motifs is 3. The average Bonchev–Trinajstić information content (AvgIpc) is 3.25. The van der Waals surface area contributed by atoms with Crippen LogP contribution in [0.2, 0.25) is 0 Å². The van der Waals surface area contributed by atoms with Gasteiger partial charge in [0.15, 0.2) is 0 Å². The normalized spacial score (nSPS) is 14.9. The Balaban J connectivity index is 1.39. The standard InChI is InChI=1S/C31H31N5O/c1-35(2)29-19-25(15-17-32-29)24-13-14-27-28(18-24)36(20-26-8-5-16-33-30(26)34-27)31(37)23-11-9-21-6-3-4-7-22(21)10-12-23/h3-8,13-19,23H,9-12,20H2,1-2H3,(H,33,34). The molecule has 0 saturated heterocycles. The van der Waals surface area contributed by atoms with Crippen molar-refractivity contribution >= 4 is 28.9 Å². The molecule has 2 aliphatic rings. The van der Waals surface area contributed by atoms with Crippen LogP contribution >= 0.6 is 0 Å². The molecule has 0 fully saturated rings. The second-order valence-corrected chi connectivity index (χ2v) is 10.1. The second-order valence-electron chi connectivity index (χ2n) is 10.1. The molecule has 3 heterocycles. The van der Waals surface area contributed by atoms with Crippen molar-refractivity contribution < 1.29 is 4.79 Å². The Morgan fingerprint density at radius 3 is 2.35 bits per heavy atom. The molecule has 1 N–H and O–H groups in total. The molecular weight excluding hydrogens is 458 g/mol. The van der Waals surface area contributed by atoms with Crippen molar-refractivity contribution in [3.8, 4) is 11.1 Å². The van der Waals surface area contributed by atoms with E-state index in [4.69, 9.17) is 0 Å². The summed E-state index contributed by atoms with van der Waals surface area (Å²) in [6.07, 6.45) is 7.23. The van der Waals surface area contributed by atoms with Crippen LogP contribution in [-0.2, 0) is 24.2 Å². The van der Waals surface area contributed by atoms with Crippen LogP contribution in [0.15, 0.2) is 79.1 Å². The Hall–Kier alpha value is -4.19. The molecule has 1 aliphatic heterocycles. The number of pyridine rings is 2. The molecule has 6 heteroatoms. The van der Waals surface area contributed by atoms with E-state index >= 15 is 0 Å². The molecule has 1 amide bonds. The van der Waals surface area contributed by atoms with Crippen LogP contribution in [0.25, 0.3) is 11.1 Å². The van der Waals surface area contributed by atoms with Crippen molar-refractivity contribution in [2.75, 3.05) is 29.2 Å². The number of nitrogens with one attached hydrogen (secondary N) is 1. The fourth-order valence-corrected chi connectivity index (χ4v) is 5.46. The SMILES string of the molecule is CN(C)c1cc(-c2ccc3c(c2)N(C(=O)C2CCc4ccccc4CC2)Cc2cccnc2N3)ccn1. The predicted molar refractivity (Wildman–Crippen MR) is 149 cm³/mol. The van der Waals surface area contributed by atoms with Crippen LogP contribution in [0.4, 0.5) is 23.0 Å². The van der Waals surface area contributed by atoms with Crippen LogP contribution in [0.3, 0.4) is 0 Å². The lowest BCUT2D eigenvalue weighted by molar-refractivity contribution is -0.122. The van der Waals surface area contributed by atoms with E-state index in [9.17, 15) is 4.79 Å². The maximum absolute atomic E-state index is 14.2. The van der Waals surface area contributed by atoms with E-state index in [1.165, 1.54) is 11.1 Å². The third-order valence-corrected chi connectivity index (χ3v) is 7.56. The molecule has 37 heavy (non-hydrogen) atoms. The highest BCUT2D eigenvalue weighted by atomic mass is 16.2. The first-order chi connectivity index (χ1) is 18.1. The summed E-state index contributed by atoms with van der Waals surface area (Å²) >= 11 is 0. The number of benzene rings is 2. The lowest BCUT2D eigenvalue weighted by Crippen LogP contribution is -2.36. The van der Waals surface area contributed by atoms with Gasteiger partial charge in [-0.1, -0.05) is 36.4 Å². The third-order valence-electron chi connectivity index (χ3n) is 7.56.